The molecule has 5 nitrogen and oxygen atoms in total. The third-order valence-corrected chi connectivity index (χ3v) is 7.73. The quantitative estimate of drug-likeness (QED) is 0.679. The first kappa shape index (κ1) is 16.6. The number of fused-ring (bicyclic) bond motifs is 3. The van der Waals surface area contributed by atoms with Crippen LogP contribution in [0.2, 0.25) is 0 Å². The van der Waals surface area contributed by atoms with Crippen LogP contribution in [0.1, 0.15) is 56.2 Å². The highest BCUT2D eigenvalue weighted by atomic mass is 16.3. The molecule has 7 atom stereocenters. The molecule has 0 unspecified atom stereocenters. The first-order valence-corrected chi connectivity index (χ1v) is 9.50. The molecule has 5 heteroatoms. The Labute approximate surface area is 143 Å². The van der Waals surface area contributed by atoms with E-state index in [0.717, 1.165) is 32.1 Å². The van der Waals surface area contributed by atoms with Gasteiger partial charge in [-0.2, -0.15) is 5.10 Å². The highest BCUT2D eigenvalue weighted by molar-refractivity contribution is 5.30. The first-order chi connectivity index (χ1) is 11.6. The van der Waals surface area contributed by atoms with Gasteiger partial charge in [0.05, 0.1) is 12.3 Å². The van der Waals surface area contributed by atoms with Gasteiger partial charge < -0.3 is 15.3 Å². The van der Waals surface area contributed by atoms with Crippen LogP contribution in [-0.2, 0) is 6.42 Å². The van der Waals surface area contributed by atoms with E-state index in [1.807, 2.05) is 6.20 Å². The SMILES string of the molecule is C[C@]1([C@H]2CC[C@@H]3c4[nH]ncc4C[C@H]3[C@@H]2CO)CC[C@H](O)C[C@@H]1CO. The summed E-state index contributed by atoms with van der Waals surface area (Å²) in [5.74, 6) is 1.82. The number of aliphatic hydroxyl groups is 3. The first-order valence-electron chi connectivity index (χ1n) is 9.50. The Morgan fingerprint density at radius 2 is 2.08 bits per heavy atom. The Kier molecular flexibility index (Phi) is 4.22. The smallest absolute Gasteiger partial charge is 0.0544 e. The second-order valence-electron chi connectivity index (χ2n) is 8.63. The van der Waals surface area contributed by atoms with Gasteiger partial charge in [0.25, 0.3) is 0 Å². The monoisotopic (exact) mass is 334 g/mol. The predicted molar refractivity (Wildman–Crippen MR) is 90.4 cm³/mol. The lowest BCUT2D eigenvalue weighted by Gasteiger charge is -2.54. The van der Waals surface area contributed by atoms with E-state index in [2.05, 4.69) is 17.1 Å². The topological polar surface area (TPSA) is 89.4 Å². The van der Waals surface area contributed by atoms with Gasteiger partial charge in [0.2, 0.25) is 0 Å². The van der Waals surface area contributed by atoms with E-state index < -0.39 is 0 Å². The molecule has 0 saturated heterocycles. The maximum absolute atomic E-state index is 10.2. The Bertz CT molecular complexity index is 589. The van der Waals surface area contributed by atoms with Crippen molar-refractivity contribution in [3.63, 3.8) is 0 Å². The van der Waals surface area contributed by atoms with E-state index in [4.69, 9.17) is 0 Å². The van der Waals surface area contributed by atoms with Crippen LogP contribution in [0.3, 0.4) is 0 Å². The number of aromatic amines is 1. The molecule has 2 fully saturated rings. The average Bonchev–Trinajstić information content (AvgIpc) is 3.17. The van der Waals surface area contributed by atoms with E-state index in [9.17, 15) is 15.3 Å². The van der Waals surface area contributed by atoms with Crippen LogP contribution in [0.25, 0.3) is 0 Å². The number of aliphatic hydroxyl groups excluding tert-OH is 3. The van der Waals surface area contributed by atoms with Gasteiger partial charge in [0, 0.05) is 24.8 Å². The lowest BCUT2D eigenvalue weighted by Crippen LogP contribution is -2.50. The summed E-state index contributed by atoms with van der Waals surface area (Å²) in [6, 6.07) is 0. The summed E-state index contributed by atoms with van der Waals surface area (Å²) in [6.07, 6.45) is 7.37. The summed E-state index contributed by atoms with van der Waals surface area (Å²) >= 11 is 0. The minimum Gasteiger partial charge on any atom is -0.396 e. The molecular weight excluding hydrogens is 304 g/mol. The van der Waals surface area contributed by atoms with Crippen molar-refractivity contribution in [1.82, 2.24) is 10.2 Å². The van der Waals surface area contributed by atoms with Gasteiger partial charge in [-0.25, -0.2) is 0 Å². The molecule has 0 spiro atoms. The number of nitrogens with zero attached hydrogens (tertiary/aromatic N) is 1. The molecule has 0 bridgehead atoms. The number of nitrogens with one attached hydrogen (secondary N) is 1. The molecule has 4 rings (SSSR count). The molecule has 3 aliphatic carbocycles. The summed E-state index contributed by atoms with van der Waals surface area (Å²) in [5.41, 5.74) is 2.63. The van der Waals surface area contributed by atoms with Crippen molar-refractivity contribution in [2.75, 3.05) is 13.2 Å². The van der Waals surface area contributed by atoms with Gasteiger partial charge in [-0.15, -0.1) is 0 Å². The lowest BCUT2D eigenvalue weighted by atomic mass is 9.52. The van der Waals surface area contributed by atoms with Crippen molar-refractivity contribution in [1.29, 1.82) is 0 Å². The summed E-state index contributed by atoms with van der Waals surface area (Å²) in [6.45, 7) is 2.66. The zero-order valence-electron chi connectivity index (χ0n) is 14.5. The zero-order valence-corrected chi connectivity index (χ0v) is 14.5. The molecule has 134 valence electrons. The Morgan fingerprint density at radius 3 is 2.83 bits per heavy atom. The fraction of sp³-hybridized carbons (Fsp3) is 0.842. The van der Waals surface area contributed by atoms with E-state index in [1.54, 1.807) is 0 Å². The Morgan fingerprint density at radius 1 is 1.25 bits per heavy atom. The summed E-state index contributed by atoms with van der Waals surface area (Å²) in [7, 11) is 0. The largest absolute Gasteiger partial charge is 0.396 e. The van der Waals surface area contributed by atoms with Crippen LogP contribution >= 0.6 is 0 Å². The van der Waals surface area contributed by atoms with Crippen molar-refractivity contribution < 1.29 is 15.3 Å². The predicted octanol–water partition coefficient (Wildman–Crippen LogP) is 1.84. The van der Waals surface area contributed by atoms with Crippen LogP contribution in [0.15, 0.2) is 6.20 Å². The van der Waals surface area contributed by atoms with Crippen molar-refractivity contribution in [2.45, 2.75) is 57.5 Å². The van der Waals surface area contributed by atoms with Gasteiger partial charge in [-0.3, -0.25) is 5.10 Å². The van der Waals surface area contributed by atoms with Crippen LogP contribution in [-0.4, -0.2) is 44.8 Å². The summed E-state index contributed by atoms with van der Waals surface area (Å²) in [5, 5.41) is 37.6. The van der Waals surface area contributed by atoms with Crippen LogP contribution in [0, 0.1) is 29.1 Å². The molecule has 0 radical (unpaired) electrons. The van der Waals surface area contributed by atoms with Gasteiger partial charge >= 0.3 is 0 Å². The van der Waals surface area contributed by atoms with Gasteiger partial charge in [-0.1, -0.05) is 6.92 Å². The molecule has 4 N–H and O–H groups in total. The van der Waals surface area contributed by atoms with E-state index in [1.165, 1.54) is 11.3 Å². The summed E-state index contributed by atoms with van der Waals surface area (Å²) in [4.78, 5) is 0. The molecule has 2 saturated carbocycles. The average molecular weight is 334 g/mol. The van der Waals surface area contributed by atoms with E-state index in [0.29, 0.717) is 24.2 Å². The lowest BCUT2D eigenvalue weighted by molar-refractivity contribution is -0.0901. The normalized spacial score (nSPS) is 45.0. The number of aromatic nitrogens is 2. The van der Waals surface area contributed by atoms with Gasteiger partial charge in [0.15, 0.2) is 0 Å². The number of rotatable bonds is 3. The molecule has 0 aliphatic heterocycles. The molecule has 0 aromatic carbocycles. The van der Waals surface area contributed by atoms with Crippen molar-refractivity contribution in [3.8, 4) is 0 Å². The molecule has 0 amide bonds. The van der Waals surface area contributed by atoms with E-state index >= 15 is 0 Å². The van der Waals surface area contributed by atoms with Gasteiger partial charge in [-0.05, 0) is 73.2 Å². The third kappa shape index (κ3) is 2.36. The fourth-order valence-corrected chi connectivity index (χ4v) is 6.34. The van der Waals surface area contributed by atoms with Crippen LogP contribution in [0.5, 0.6) is 0 Å². The summed E-state index contributed by atoms with van der Waals surface area (Å²) < 4.78 is 0. The molecule has 3 aliphatic rings. The highest BCUT2D eigenvalue weighted by Crippen LogP contribution is 2.58. The van der Waals surface area contributed by atoms with Crippen molar-refractivity contribution in [2.24, 2.45) is 29.1 Å². The molecular formula is C19H30N2O3. The van der Waals surface area contributed by atoms with Crippen LogP contribution in [0.4, 0.5) is 0 Å². The Hall–Kier alpha value is -0.910. The van der Waals surface area contributed by atoms with Crippen molar-refractivity contribution in [3.05, 3.63) is 17.5 Å². The highest BCUT2D eigenvalue weighted by Gasteiger charge is 2.53. The number of hydrogen-bond acceptors (Lipinski definition) is 4. The molecule has 1 aromatic heterocycles. The minimum absolute atomic E-state index is 0.0148. The Balaban J connectivity index is 1.61. The number of H-pyrrole nitrogens is 1. The second kappa shape index (κ2) is 6.11. The molecule has 1 heterocycles. The maximum Gasteiger partial charge on any atom is 0.0544 e. The molecule has 1 aromatic rings. The van der Waals surface area contributed by atoms with Gasteiger partial charge in [0.1, 0.15) is 0 Å². The fourth-order valence-electron chi connectivity index (χ4n) is 6.34. The number of hydrogen-bond donors (Lipinski definition) is 4. The minimum atomic E-state index is -0.281. The zero-order chi connectivity index (χ0) is 16.9. The second-order valence-corrected chi connectivity index (χ2v) is 8.63. The van der Waals surface area contributed by atoms with Crippen molar-refractivity contribution >= 4 is 0 Å². The third-order valence-electron chi connectivity index (χ3n) is 7.73. The maximum atomic E-state index is 10.2. The van der Waals surface area contributed by atoms with Crippen LogP contribution < -0.4 is 0 Å². The molecule has 24 heavy (non-hydrogen) atoms. The standard InChI is InChI=1S/C19H30N2O3/c1-19(5-4-13(24)7-12(19)9-22)17-3-2-14-15(16(17)10-23)6-11-8-20-21-18(11)14/h8,12-17,22-24H,2-7,9-10H2,1H3,(H,20,21)/t12-,13+,14+,15-,16+,17+,19+/m1/s1. The van der Waals surface area contributed by atoms with E-state index in [-0.39, 0.29) is 36.6 Å².